The fourth-order valence-corrected chi connectivity index (χ4v) is 3.01. The molecule has 6 heteroatoms. The lowest BCUT2D eigenvalue weighted by molar-refractivity contribution is -0.384. The summed E-state index contributed by atoms with van der Waals surface area (Å²) in [5.74, 6) is 0.203. The maximum Gasteiger partial charge on any atom is 0.269 e. The van der Waals surface area contributed by atoms with Crippen molar-refractivity contribution in [3.8, 4) is 0 Å². The molecule has 0 saturated carbocycles. The van der Waals surface area contributed by atoms with E-state index in [9.17, 15) is 14.5 Å². The minimum atomic E-state index is -1.67. The van der Waals surface area contributed by atoms with Crippen molar-refractivity contribution in [1.82, 2.24) is 4.90 Å². The van der Waals surface area contributed by atoms with E-state index in [0.717, 1.165) is 12.1 Å². The van der Waals surface area contributed by atoms with Gasteiger partial charge in [-0.2, -0.15) is 0 Å². The number of hydrogen-bond acceptors (Lipinski definition) is 3. The van der Waals surface area contributed by atoms with Gasteiger partial charge < -0.3 is 0 Å². The molecule has 0 spiro atoms. The van der Waals surface area contributed by atoms with Crippen LogP contribution in [0, 0.1) is 16.0 Å². The quantitative estimate of drug-likeness (QED) is 0.486. The van der Waals surface area contributed by atoms with Gasteiger partial charge in [-0.15, -0.1) is 0 Å². The first kappa shape index (κ1) is 14.2. The first-order valence-corrected chi connectivity index (χ1v) is 6.57. The molecule has 2 rings (SSSR count). The van der Waals surface area contributed by atoms with Gasteiger partial charge in [0, 0.05) is 38.2 Å². The van der Waals surface area contributed by atoms with Crippen molar-refractivity contribution in [3.05, 3.63) is 39.9 Å². The Morgan fingerprint density at radius 1 is 1.53 bits per heavy atom. The molecule has 0 unspecified atom stereocenters. The van der Waals surface area contributed by atoms with Crippen LogP contribution in [-0.2, 0) is 6.54 Å². The lowest BCUT2D eigenvalue weighted by atomic mass is 9.98. The van der Waals surface area contributed by atoms with Crippen LogP contribution in [0.5, 0.6) is 0 Å². The fraction of sp³-hybridized carbons (Fsp3) is 0.538. The predicted octanol–water partition coefficient (Wildman–Crippen LogP) is 3.34. The number of piperidine rings is 1. The third-order valence-electron chi connectivity index (χ3n) is 3.23. The second kappa shape index (κ2) is 5.43. The maximum absolute atomic E-state index is 13.9. The van der Waals surface area contributed by atoms with Crippen LogP contribution in [0.15, 0.2) is 24.3 Å². The summed E-state index contributed by atoms with van der Waals surface area (Å²) in [7, 11) is 0. The van der Waals surface area contributed by atoms with Crippen molar-refractivity contribution in [3.63, 3.8) is 0 Å². The van der Waals surface area contributed by atoms with Gasteiger partial charge in [-0.25, -0.2) is 4.39 Å². The number of hydrogen-bond donors (Lipinski definition) is 0. The fourth-order valence-electron chi connectivity index (χ4n) is 2.57. The molecule has 2 atom stereocenters. The van der Waals surface area contributed by atoms with Gasteiger partial charge in [-0.05, 0) is 11.5 Å². The van der Waals surface area contributed by atoms with E-state index in [0.29, 0.717) is 13.0 Å². The van der Waals surface area contributed by atoms with Crippen LogP contribution in [0.2, 0.25) is 0 Å². The molecule has 104 valence electrons. The number of halogens is 2. The summed E-state index contributed by atoms with van der Waals surface area (Å²) < 4.78 is 13.9. The molecule has 0 radical (unpaired) electrons. The summed E-state index contributed by atoms with van der Waals surface area (Å²) in [5, 5.41) is 8.89. The first-order chi connectivity index (χ1) is 8.85. The van der Waals surface area contributed by atoms with Gasteiger partial charge >= 0.3 is 0 Å². The molecule has 4 nitrogen and oxygen atoms in total. The SMILES string of the molecule is C[C@@H]1CN(Cc2ccc([N+](=O)[O-])cc2)C[C@](F)(Cl)C1. The summed E-state index contributed by atoms with van der Waals surface area (Å²) in [6.45, 7) is 3.50. The summed E-state index contributed by atoms with van der Waals surface area (Å²) in [6, 6.07) is 6.33. The van der Waals surface area contributed by atoms with Crippen molar-refractivity contribution in [2.24, 2.45) is 5.92 Å². The highest BCUT2D eigenvalue weighted by atomic mass is 35.5. The van der Waals surface area contributed by atoms with Gasteiger partial charge in [0.15, 0.2) is 5.13 Å². The summed E-state index contributed by atoms with van der Waals surface area (Å²) >= 11 is 5.80. The second-order valence-electron chi connectivity index (χ2n) is 5.26. The van der Waals surface area contributed by atoms with Gasteiger partial charge in [0.25, 0.3) is 5.69 Å². The van der Waals surface area contributed by atoms with E-state index in [1.165, 1.54) is 12.1 Å². The number of benzene rings is 1. The van der Waals surface area contributed by atoms with Crippen LogP contribution in [0.4, 0.5) is 10.1 Å². The zero-order valence-corrected chi connectivity index (χ0v) is 11.4. The van der Waals surface area contributed by atoms with Crippen molar-refractivity contribution >= 4 is 17.3 Å². The molecule has 1 saturated heterocycles. The molecule has 0 aromatic heterocycles. The van der Waals surface area contributed by atoms with Gasteiger partial charge in [-0.1, -0.05) is 30.7 Å². The highest BCUT2D eigenvalue weighted by molar-refractivity contribution is 6.23. The highest BCUT2D eigenvalue weighted by Crippen LogP contribution is 2.33. The summed E-state index contributed by atoms with van der Waals surface area (Å²) in [5.41, 5.74) is 0.986. The summed E-state index contributed by atoms with van der Waals surface area (Å²) in [4.78, 5) is 12.1. The molecular weight excluding hydrogens is 271 g/mol. The van der Waals surface area contributed by atoms with Crippen LogP contribution < -0.4 is 0 Å². The van der Waals surface area contributed by atoms with E-state index in [4.69, 9.17) is 11.6 Å². The molecule has 1 aromatic carbocycles. The lowest BCUT2D eigenvalue weighted by Crippen LogP contribution is -2.45. The monoisotopic (exact) mass is 286 g/mol. The van der Waals surface area contributed by atoms with Crippen molar-refractivity contribution in [2.75, 3.05) is 13.1 Å². The van der Waals surface area contributed by atoms with Crippen LogP contribution in [0.25, 0.3) is 0 Å². The van der Waals surface area contributed by atoms with Gasteiger partial charge in [-0.3, -0.25) is 15.0 Å². The van der Waals surface area contributed by atoms with E-state index in [1.807, 2.05) is 11.8 Å². The van der Waals surface area contributed by atoms with Crippen LogP contribution in [-0.4, -0.2) is 28.0 Å². The Balaban J connectivity index is 2.02. The van der Waals surface area contributed by atoms with Crippen LogP contribution in [0.1, 0.15) is 18.9 Å². The van der Waals surface area contributed by atoms with E-state index in [1.54, 1.807) is 12.1 Å². The van der Waals surface area contributed by atoms with Gasteiger partial charge in [0.1, 0.15) is 0 Å². The minimum absolute atomic E-state index is 0.0629. The third kappa shape index (κ3) is 3.88. The third-order valence-corrected chi connectivity index (χ3v) is 3.50. The topological polar surface area (TPSA) is 46.4 Å². The van der Waals surface area contributed by atoms with Crippen molar-refractivity contribution in [2.45, 2.75) is 25.0 Å². The van der Waals surface area contributed by atoms with E-state index < -0.39 is 10.1 Å². The Bertz CT molecular complexity index is 464. The van der Waals surface area contributed by atoms with E-state index >= 15 is 0 Å². The van der Waals surface area contributed by atoms with Gasteiger partial charge in [0.05, 0.1) is 4.92 Å². The average molecular weight is 287 g/mol. The smallest absolute Gasteiger partial charge is 0.269 e. The Morgan fingerprint density at radius 2 is 2.16 bits per heavy atom. The minimum Gasteiger partial charge on any atom is -0.294 e. The Hall–Kier alpha value is -1.20. The summed E-state index contributed by atoms with van der Waals surface area (Å²) in [6.07, 6.45) is 0.366. The molecule has 1 aliphatic rings. The average Bonchev–Trinajstić information content (AvgIpc) is 2.26. The Kier molecular flexibility index (Phi) is 4.06. The zero-order chi connectivity index (χ0) is 14.0. The Labute approximate surface area is 116 Å². The number of nitrogens with zero attached hydrogens (tertiary/aromatic N) is 2. The number of likely N-dealkylation sites (tertiary alicyclic amines) is 1. The molecular formula is C13H16ClFN2O2. The molecule has 19 heavy (non-hydrogen) atoms. The number of nitro benzene ring substituents is 1. The molecule has 0 N–H and O–H groups in total. The number of alkyl halides is 2. The highest BCUT2D eigenvalue weighted by Gasteiger charge is 2.36. The molecule has 1 heterocycles. The number of rotatable bonds is 3. The lowest BCUT2D eigenvalue weighted by Gasteiger charge is -2.37. The van der Waals surface area contributed by atoms with Crippen LogP contribution in [0.3, 0.4) is 0 Å². The normalized spacial score (nSPS) is 28.3. The van der Waals surface area contributed by atoms with E-state index in [-0.39, 0.29) is 18.2 Å². The van der Waals surface area contributed by atoms with Crippen LogP contribution >= 0.6 is 11.6 Å². The standard InChI is InChI=1S/C13H16ClFN2O2/c1-10-6-13(14,15)9-16(7-10)8-11-2-4-12(5-3-11)17(18)19/h2-5,10H,6-9H2,1H3/t10-,13-/m0/s1. The predicted molar refractivity (Wildman–Crippen MR) is 71.8 cm³/mol. The van der Waals surface area contributed by atoms with E-state index in [2.05, 4.69) is 0 Å². The van der Waals surface area contributed by atoms with Crippen molar-refractivity contribution < 1.29 is 9.31 Å². The molecule has 1 aliphatic heterocycles. The Morgan fingerprint density at radius 3 is 2.68 bits per heavy atom. The second-order valence-corrected chi connectivity index (χ2v) is 5.94. The van der Waals surface area contributed by atoms with Crippen molar-refractivity contribution in [1.29, 1.82) is 0 Å². The molecule has 0 bridgehead atoms. The maximum atomic E-state index is 13.9. The van der Waals surface area contributed by atoms with Gasteiger partial charge in [0.2, 0.25) is 0 Å². The number of non-ortho nitro benzene ring substituents is 1. The molecule has 0 aliphatic carbocycles. The molecule has 1 aromatic rings. The first-order valence-electron chi connectivity index (χ1n) is 6.19. The molecule has 0 amide bonds. The number of nitro groups is 1. The largest absolute Gasteiger partial charge is 0.294 e. The zero-order valence-electron chi connectivity index (χ0n) is 10.7. The molecule has 1 fully saturated rings.